The molecule has 0 saturated carbocycles. The third-order valence-corrected chi connectivity index (χ3v) is 2.97. The summed E-state index contributed by atoms with van der Waals surface area (Å²) in [5.74, 6) is 0. The van der Waals surface area contributed by atoms with Crippen LogP contribution < -0.4 is 0 Å². The van der Waals surface area contributed by atoms with Gasteiger partial charge in [0.05, 0.1) is 12.7 Å². The van der Waals surface area contributed by atoms with E-state index in [2.05, 4.69) is 49.1 Å². The molecule has 1 fully saturated rings. The minimum atomic E-state index is 0.366. The summed E-state index contributed by atoms with van der Waals surface area (Å²) < 4.78 is 5.62. The molecule has 1 aliphatic heterocycles. The van der Waals surface area contributed by atoms with E-state index in [1.165, 1.54) is 5.56 Å². The summed E-state index contributed by atoms with van der Waals surface area (Å²) in [7, 11) is 0. The Morgan fingerprint density at radius 2 is 2.00 bits per heavy atom. The van der Waals surface area contributed by atoms with Crippen LogP contribution in [0.1, 0.15) is 19.4 Å². The Balaban J connectivity index is 1.98. The van der Waals surface area contributed by atoms with Gasteiger partial charge in [-0.1, -0.05) is 30.3 Å². The molecule has 1 aliphatic rings. The first kappa shape index (κ1) is 10.7. The fourth-order valence-electron chi connectivity index (χ4n) is 2.01. The van der Waals surface area contributed by atoms with E-state index in [1.54, 1.807) is 0 Å². The van der Waals surface area contributed by atoms with E-state index in [4.69, 9.17) is 4.74 Å². The molecule has 0 aromatic heterocycles. The van der Waals surface area contributed by atoms with E-state index in [9.17, 15) is 0 Å². The van der Waals surface area contributed by atoms with E-state index in [0.29, 0.717) is 12.1 Å². The van der Waals surface area contributed by atoms with Crippen molar-refractivity contribution in [2.24, 2.45) is 0 Å². The van der Waals surface area contributed by atoms with E-state index in [1.807, 2.05) is 0 Å². The maximum Gasteiger partial charge on any atom is 0.0674 e. The maximum atomic E-state index is 5.62. The van der Waals surface area contributed by atoms with Crippen molar-refractivity contribution in [2.75, 3.05) is 13.2 Å². The number of ether oxygens (including phenoxy) is 1. The van der Waals surface area contributed by atoms with Gasteiger partial charge in [-0.2, -0.15) is 0 Å². The second kappa shape index (κ2) is 4.77. The van der Waals surface area contributed by atoms with Gasteiger partial charge in [-0.3, -0.25) is 4.90 Å². The van der Waals surface area contributed by atoms with Crippen LogP contribution in [0, 0.1) is 0 Å². The molecule has 82 valence electrons. The van der Waals surface area contributed by atoms with Crippen LogP contribution in [0.15, 0.2) is 30.3 Å². The zero-order valence-electron chi connectivity index (χ0n) is 9.52. The van der Waals surface area contributed by atoms with Crippen molar-refractivity contribution in [3.05, 3.63) is 35.9 Å². The van der Waals surface area contributed by atoms with Crippen LogP contribution in [0.3, 0.4) is 0 Å². The molecule has 1 heterocycles. The van der Waals surface area contributed by atoms with Crippen molar-refractivity contribution < 1.29 is 4.74 Å². The second-order valence-corrected chi connectivity index (χ2v) is 4.41. The molecule has 1 saturated heterocycles. The highest BCUT2D eigenvalue weighted by atomic mass is 16.5. The number of nitrogens with zero attached hydrogens (tertiary/aromatic N) is 1. The van der Waals surface area contributed by atoms with Crippen molar-refractivity contribution in [2.45, 2.75) is 32.5 Å². The molecule has 1 aromatic rings. The lowest BCUT2D eigenvalue weighted by molar-refractivity contribution is -0.0526. The topological polar surface area (TPSA) is 12.5 Å². The van der Waals surface area contributed by atoms with Gasteiger partial charge in [0.15, 0.2) is 0 Å². The molecule has 0 amide bonds. The largest absolute Gasteiger partial charge is 0.376 e. The lowest BCUT2D eigenvalue weighted by atomic mass is 10.1. The molecule has 1 aromatic carbocycles. The van der Waals surface area contributed by atoms with Gasteiger partial charge < -0.3 is 4.74 Å². The minimum Gasteiger partial charge on any atom is -0.376 e. The summed E-state index contributed by atoms with van der Waals surface area (Å²) in [5, 5.41) is 0. The minimum absolute atomic E-state index is 0.366. The van der Waals surface area contributed by atoms with Gasteiger partial charge >= 0.3 is 0 Å². The molecule has 2 rings (SSSR count). The summed E-state index contributed by atoms with van der Waals surface area (Å²) in [6.07, 6.45) is 0.366. The van der Waals surface area contributed by atoms with Gasteiger partial charge in [-0.25, -0.2) is 0 Å². The number of rotatable bonds is 2. The highest BCUT2D eigenvalue weighted by Gasteiger charge is 2.22. The molecule has 2 atom stereocenters. The lowest BCUT2D eigenvalue weighted by Crippen LogP contribution is -2.46. The highest BCUT2D eigenvalue weighted by Crippen LogP contribution is 2.14. The number of hydrogen-bond acceptors (Lipinski definition) is 2. The first-order valence-electron chi connectivity index (χ1n) is 5.65. The van der Waals surface area contributed by atoms with Crippen LogP contribution in [-0.2, 0) is 11.3 Å². The van der Waals surface area contributed by atoms with Gasteiger partial charge in [-0.15, -0.1) is 0 Å². The molecule has 2 heteroatoms. The van der Waals surface area contributed by atoms with Crippen molar-refractivity contribution in [1.82, 2.24) is 4.90 Å². The highest BCUT2D eigenvalue weighted by molar-refractivity contribution is 5.14. The van der Waals surface area contributed by atoms with Crippen molar-refractivity contribution >= 4 is 0 Å². The second-order valence-electron chi connectivity index (χ2n) is 4.41. The van der Waals surface area contributed by atoms with Gasteiger partial charge in [-0.05, 0) is 19.4 Å². The Bertz CT molecular complexity index is 299. The Labute approximate surface area is 91.9 Å². The zero-order chi connectivity index (χ0) is 10.7. The quantitative estimate of drug-likeness (QED) is 0.734. The van der Waals surface area contributed by atoms with Crippen LogP contribution in [0.4, 0.5) is 0 Å². The Morgan fingerprint density at radius 3 is 2.73 bits per heavy atom. The smallest absolute Gasteiger partial charge is 0.0674 e. The number of benzene rings is 1. The Hall–Kier alpha value is -0.860. The average molecular weight is 205 g/mol. The van der Waals surface area contributed by atoms with Gasteiger partial charge in [0.2, 0.25) is 0 Å². The molecule has 0 N–H and O–H groups in total. The predicted octanol–water partition coefficient (Wildman–Crippen LogP) is 2.30. The fourth-order valence-corrected chi connectivity index (χ4v) is 2.01. The lowest BCUT2D eigenvalue weighted by Gasteiger charge is -2.36. The SMILES string of the molecule is C[C@H]1CN(Cc2ccccc2)[C@@H](C)CO1. The van der Waals surface area contributed by atoms with Gasteiger partial charge in [0.25, 0.3) is 0 Å². The van der Waals surface area contributed by atoms with Crippen LogP contribution >= 0.6 is 0 Å². The Kier molecular flexibility index (Phi) is 3.39. The predicted molar refractivity (Wildman–Crippen MR) is 61.7 cm³/mol. The summed E-state index contributed by atoms with van der Waals surface area (Å²) >= 11 is 0. The monoisotopic (exact) mass is 205 g/mol. The molecule has 0 aliphatic carbocycles. The fraction of sp³-hybridized carbons (Fsp3) is 0.538. The van der Waals surface area contributed by atoms with Gasteiger partial charge in [0, 0.05) is 19.1 Å². The average Bonchev–Trinajstić information content (AvgIpc) is 2.25. The summed E-state index contributed by atoms with van der Waals surface area (Å²) in [4.78, 5) is 2.49. The van der Waals surface area contributed by atoms with Crippen molar-refractivity contribution in [1.29, 1.82) is 0 Å². The normalized spacial score (nSPS) is 27.9. The molecule has 0 bridgehead atoms. The third-order valence-electron chi connectivity index (χ3n) is 2.97. The van der Waals surface area contributed by atoms with Gasteiger partial charge in [0.1, 0.15) is 0 Å². The first-order valence-corrected chi connectivity index (χ1v) is 5.65. The summed E-state index contributed by atoms with van der Waals surface area (Å²) in [6, 6.07) is 11.2. The Morgan fingerprint density at radius 1 is 1.27 bits per heavy atom. The molecule has 2 nitrogen and oxygen atoms in total. The van der Waals surface area contributed by atoms with E-state index in [-0.39, 0.29) is 0 Å². The summed E-state index contributed by atoms with van der Waals surface area (Å²) in [5.41, 5.74) is 1.39. The molecular weight excluding hydrogens is 186 g/mol. The summed E-state index contributed by atoms with van der Waals surface area (Å²) in [6.45, 7) is 7.30. The van der Waals surface area contributed by atoms with Crippen molar-refractivity contribution in [3.8, 4) is 0 Å². The third kappa shape index (κ3) is 2.80. The van der Waals surface area contributed by atoms with E-state index < -0.39 is 0 Å². The number of hydrogen-bond donors (Lipinski definition) is 0. The molecule has 0 radical (unpaired) electrons. The van der Waals surface area contributed by atoms with Crippen LogP contribution in [0.25, 0.3) is 0 Å². The van der Waals surface area contributed by atoms with Crippen LogP contribution in [-0.4, -0.2) is 30.2 Å². The van der Waals surface area contributed by atoms with Crippen molar-refractivity contribution in [3.63, 3.8) is 0 Å². The number of morpholine rings is 1. The zero-order valence-corrected chi connectivity index (χ0v) is 9.52. The molecule has 0 unspecified atom stereocenters. The standard InChI is InChI=1S/C13H19NO/c1-11-10-15-12(2)8-14(11)9-13-6-4-3-5-7-13/h3-7,11-12H,8-10H2,1-2H3/t11-,12-/m0/s1. The molecular formula is C13H19NO. The molecule has 0 spiro atoms. The van der Waals surface area contributed by atoms with E-state index >= 15 is 0 Å². The maximum absolute atomic E-state index is 5.62. The first-order chi connectivity index (χ1) is 7.25. The van der Waals surface area contributed by atoms with Crippen LogP contribution in [0.5, 0.6) is 0 Å². The van der Waals surface area contributed by atoms with E-state index in [0.717, 1.165) is 19.7 Å². The molecule has 15 heavy (non-hydrogen) atoms. The van der Waals surface area contributed by atoms with Crippen LogP contribution in [0.2, 0.25) is 0 Å².